The zero-order valence-electron chi connectivity index (χ0n) is 20.7. The lowest BCUT2D eigenvalue weighted by Gasteiger charge is -2.31. The van der Waals surface area contributed by atoms with Gasteiger partial charge >= 0.3 is 11.9 Å². The number of pyridine rings is 1. The van der Waals surface area contributed by atoms with E-state index in [1.807, 2.05) is 37.3 Å². The van der Waals surface area contributed by atoms with Crippen molar-refractivity contribution in [2.45, 2.75) is 65.5 Å². The minimum Gasteiger partial charge on any atom is -0.493 e. The molecule has 184 valence electrons. The molecule has 0 bridgehead atoms. The quantitative estimate of drug-likeness (QED) is 0.489. The summed E-state index contributed by atoms with van der Waals surface area (Å²) in [7, 11) is 1.38. The summed E-state index contributed by atoms with van der Waals surface area (Å²) in [6, 6.07) is 10.5. The van der Waals surface area contributed by atoms with Crippen LogP contribution in [0.5, 0.6) is 11.5 Å². The van der Waals surface area contributed by atoms with Gasteiger partial charge in [0.15, 0.2) is 11.4 Å². The molecule has 34 heavy (non-hydrogen) atoms. The molecule has 1 amide bonds. The highest BCUT2D eigenvalue weighted by Crippen LogP contribution is 2.34. The molecule has 3 atom stereocenters. The van der Waals surface area contributed by atoms with Gasteiger partial charge in [0.25, 0.3) is 5.91 Å². The van der Waals surface area contributed by atoms with Gasteiger partial charge in [-0.3, -0.25) is 9.59 Å². The Bertz CT molecular complexity index is 975. The maximum absolute atomic E-state index is 12.9. The summed E-state index contributed by atoms with van der Waals surface area (Å²) in [4.78, 5) is 41.2. The summed E-state index contributed by atoms with van der Waals surface area (Å²) >= 11 is 0. The fourth-order valence-electron chi connectivity index (χ4n) is 4.08. The van der Waals surface area contributed by atoms with Crippen molar-refractivity contribution in [2.24, 2.45) is 5.92 Å². The number of benzene rings is 1. The van der Waals surface area contributed by atoms with Crippen LogP contribution in [0.25, 0.3) is 0 Å². The number of hydrogen-bond acceptors (Lipinski definition) is 7. The van der Waals surface area contributed by atoms with Crippen molar-refractivity contribution in [1.29, 1.82) is 0 Å². The highest BCUT2D eigenvalue weighted by Gasteiger charge is 2.31. The lowest BCUT2D eigenvalue weighted by molar-refractivity contribution is -0.152. The van der Waals surface area contributed by atoms with Crippen molar-refractivity contribution < 1.29 is 28.6 Å². The summed E-state index contributed by atoms with van der Waals surface area (Å²) in [6.45, 7) is 8.88. The molecule has 1 heterocycles. The molecule has 2 rings (SSSR count). The van der Waals surface area contributed by atoms with Crippen LogP contribution in [0.15, 0.2) is 42.6 Å². The lowest BCUT2D eigenvalue weighted by Crippen LogP contribution is -2.42. The molecule has 1 aromatic heterocycles. The molecule has 0 saturated carbocycles. The van der Waals surface area contributed by atoms with Crippen molar-refractivity contribution in [3.05, 3.63) is 53.9 Å². The topological polar surface area (TPSA) is 104 Å². The Morgan fingerprint density at radius 2 is 1.68 bits per heavy atom. The van der Waals surface area contributed by atoms with Crippen LogP contribution in [-0.4, -0.2) is 42.1 Å². The van der Waals surface area contributed by atoms with Crippen molar-refractivity contribution in [2.75, 3.05) is 7.11 Å². The van der Waals surface area contributed by atoms with Crippen molar-refractivity contribution >= 4 is 17.8 Å². The van der Waals surface area contributed by atoms with E-state index in [4.69, 9.17) is 14.2 Å². The molecule has 1 aromatic carbocycles. The second-order valence-corrected chi connectivity index (χ2v) is 8.13. The number of carbonyl (C=O) groups is 3. The van der Waals surface area contributed by atoms with E-state index in [2.05, 4.69) is 24.1 Å². The predicted octanol–water partition coefficient (Wildman–Crippen LogP) is 4.29. The Morgan fingerprint density at radius 1 is 1.03 bits per heavy atom. The first-order valence-corrected chi connectivity index (χ1v) is 11.5. The average molecular weight is 471 g/mol. The van der Waals surface area contributed by atoms with Crippen molar-refractivity contribution in [3.63, 3.8) is 0 Å². The van der Waals surface area contributed by atoms with Gasteiger partial charge < -0.3 is 19.5 Å². The number of rotatable bonds is 11. The average Bonchev–Trinajstić information content (AvgIpc) is 2.82. The third-order valence-electron chi connectivity index (χ3n) is 5.80. The number of nitrogens with zero attached hydrogens (tertiary/aromatic N) is 1. The molecule has 0 aliphatic rings. The van der Waals surface area contributed by atoms with Gasteiger partial charge in [0.2, 0.25) is 5.75 Å². The van der Waals surface area contributed by atoms with Crippen LogP contribution in [0.4, 0.5) is 0 Å². The standard InChI is InChI=1S/C26H34N2O6/c1-7-19(8-2)22(20-12-10-9-11-13-20)17(4)33-26(31)16(3)28-25(30)23-24(34-18(5)29)21(32-6)14-15-27-23/h9-17,19,22H,7-8H2,1-6H3,(H,28,30)/t16-,17?,22-/m0/s1. The fourth-order valence-corrected chi connectivity index (χ4v) is 4.08. The van der Waals surface area contributed by atoms with Crippen LogP contribution < -0.4 is 14.8 Å². The first kappa shape index (κ1) is 26.8. The van der Waals surface area contributed by atoms with Gasteiger partial charge in [-0.25, -0.2) is 9.78 Å². The van der Waals surface area contributed by atoms with Crippen molar-refractivity contribution in [3.8, 4) is 11.5 Å². The molecule has 1 N–H and O–H groups in total. The van der Waals surface area contributed by atoms with E-state index >= 15 is 0 Å². The molecule has 8 nitrogen and oxygen atoms in total. The third kappa shape index (κ3) is 6.79. The van der Waals surface area contributed by atoms with Crippen LogP contribution in [0, 0.1) is 5.92 Å². The number of amides is 1. The molecule has 0 aliphatic carbocycles. The van der Waals surface area contributed by atoms with Crippen molar-refractivity contribution in [1.82, 2.24) is 10.3 Å². The molecule has 0 aliphatic heterocycles. The fraction of sp³-hybridized carbons (Fsp3) is 0.462. The lowest BCUT2D eigenvalue weighted by atomic mass is 9.79. The number of nitrogens with one attached hydrogen (secondary N) is 1. The molecule has 0 spiro atoms. The second kappa shape index (κ2) is 12.7. The Kier molecular flexibility index (Phi) is 10.0. The zero-order valence-corrected chi connectivity index (χ0v) is 20.7. The van der Waals surface area contributed by atoms with E-state index in [1.165, 1.54) is 33.2 Å². The second-order valence-electron chi connectivity index (χ2n) is 8.13. The number of carbonyl (C=O) groups excluding carboxylic acids is 3. The van der Waals surface area contributed by atoms with Gasteiger partial charge in [0.1, 0.15) is 12.1 Å². The van der Waals surface area contributed by atoms with Gasteiger partial charge in [0, 0.05) is 25.1 Å². The summed E-state index contributed by atoms with van der Waals surface area (Å²) in [5.41, 5.74) is 0.946. The van der Waals surface area contributed by atoms with E-state index in [-0.39, 0.29) is 23.1 Å². The summed E-state index contributed by atoms with van der Waals surface area (Å²) < 4.78 is 16.1. The number of methoxy groups -OCH3 is 1. The van der Waals surface area contributed by atoms with Gasteiger partial charge in [-0.1, -0.05) is 57.0 Å². The summed E-state index contributed by atoms with van der Waals surface area (Å²) in [5, 5.41) is 2.58. The molecule has 2 aromatic rings. The summed E-state index contributed by atoms with van der Waals surface area (Å²) in [5.74, 6) is -1.45. The van der Waals surface area contributed by atoms with Gasteiger partial charge in [-0.05, 0) is 25.3 Å². The first-order valence-electron chi connectivity index (χ1n) is 11.5. The number of aromatic nitrogens is 1. The predicted molar refractivity (Wildman–Crippen MR) is 128 cm³/mol. The number of hydrogen-bond donors (Lipinski definition) is 1. The Labute approximate surface area is 201 Å². The van der Waals surface area contributed by atoms with E-state index in [9.17, 15) is 14.4 Å². The summed E-state index contributed by atoms with van der Waals surface area (Å²) in [6.07, 6.45) is 2.85. The smallest absolute Gasteiger partial charge is 0.328 e. The molecule has 0 fully saturated rings. The monoisotopic (exact) mass is 470 g/mol. The minimum absolute atomic E-state index is 0.0265. The van der Waals surface area contributed by atoms with E-state index < -0.39 is 30.0 Å². The Hall–Kier alpha value is -3.42. The van der Waals surface area contributed by atoms with E-state index in [1.54, 1.807) is 0 Å². The van der Waals surface area contributed by atoms with Gasteiger partial charge in [-0.2, -0.15) is 0 Å². The Morgan fingerprint density at radius 3 is 2.24 bits per heavy atom. The Balaban J connectivity index is 2.16. The first-order chi connectivity index (χ1) is 16.2. The normalized spacial score (nSPS) is 13.5. The minimum atomic E-state index is -0.953. The van der Waals surface area contributed by atoms with Gasteiger partial charge in [-0.15, -0.1) is 0 Å². The third-order valence-corrected chi connectivity index (χ3v) is 5.80. The molecule has 8 heteroatoms. The van der Waals surface area contributed by atoms with Crippen LogP contribution >= 0.6 is 0 Å². The maximum atomic E-state index is 12.9. The van der Waals surface area contributed by atoms with Crippen LogP contribution in [-0.2, 0) is 14.3 Å². The largest absolute Gasteiger partial charge is 0.493 e. The van der Waals surface area contributed by atoms with Crippen LogP contribution in [0.1, 0.15) is 69.4 Å². The number of esters is 2. The molecule has 1 unspecified atom stereocenters. The maximum Gasteiger partial charge on any atom is 0.328 e. The molecular weight excluding hydrogens is 436 g/mol. The highest BCUT2D eigenvalue weighted by atomic mass is 16.6. The van der Waals surface area contributed by atoms with E-state index in [0.29, 0.717) is 5.92 Å². The van der Waals surface area contributed by atoms with Gasteiger partial charge in [0.05, 0.1) is 7.11 Å². The zero-order chi connectivity index (χ0) is 25.3. The van der Waals surface area contributed by atoms with Crippen LogP contribution in [0.2, 0.25) is 0 Å². The van der Waals surface area contributed by atoms with E-state index in [0.717, 1.165) is 18.4 Å². The highest BCUT2D eigenvalue weighted by molar-refractivity contribution is 5.98. The molecule has 0 radical (unpaired) electrons. The van der Waals surface area contributed by atoms with Crippen LogP contribution in [0.3, 0.4) is 0 Å². The molecular formula is C26H34N2O6. The molecule has 0 saturated heterocycles. The SMILES string of the molecule is CCC(CC)[C@@H](c1ccccc1)C(C)OC(=O)[C@H](C)NC(=O)c1nccc(OC)c1OC(C)=O. The number of ether oxygens (including phenoxy) is 3.